The first-order valence-electron chi connectivity index (χ1n) is 4.22. The van der Waals surface area contributed by atoms with Gasteiger partial charge in [0.05, 0.1) is 7.11 Å². The third-order valence-electron chi connectivity index (χ3n) is 1.89. The van der Waals surface area contributed by atoms with Crippen molar-refractivity contribution < 1.29 is 14.6 Å². The van der Waals surface area contributed by atoms with E-state index >= 15 is 0 Å². The summed E-state index contributed by atoms with van der Waals surface area (Å²) >= 11 is 0. The van der Waals surface area contributed by atoms with Crippen molar-refractivity contribution in [3.05, 3.63) is 35.0 Å². The maximum Gasteiger partial charge on any atom is 0.349 e. The van der Waals surface area contributed by atoms with E-state index in [1.165, 1.54) is 7.11 Å². The number of benzene rings is 1. The van der Waals surface area contributed by atoms with Crippen LogP contribution in [-0.2, 0) is 11.2 Å². The van der Waals surface area contributed by atoms with Crippen molar-refractivity contribution in [2.75, 3.05) is 7.11 Å². The van der Waals surface area contributed by atoms with Crippen molar-refractivity contribution in [2.24, 2.45) is 5.16 Å². The molecule has 0 spiro atoms. The SMILES string of the molecule is COc1ccc(C/C(=N/[O-])C(=O)O)cc1. The fraction of sp³-hybridized carbons (Fsp3) is 0.200. The van der Waals surface area contributed by atoms with E-state index in [0.717, 1.165) is 0 Å². The molecule has 0 atom stereocenters. The van der Waals surface area contributed by atoms with E-state index in [1.54, 1.807) is 24.3 Å². The number of nitrogens with zero attached hydrogens (tertiary/aromatic N) is 1. The first-order valence-corrected chi connectivity index (χ1v) is 4.22. The van der Waals surface area contributed by atoms with E-state index in [4.69, 9.17) is 9.84 Å². The summed E-state index contributed by atoms with van der Waals surface area (Å²) in [6, 6.07) is 6.76. The highest BCUT2D eigenvalue weighted by Gasteiger charge is 2.07. The Kier molecular flexibility index (Phi) is 3.68. The van der Waals surface area contributed by atoms with Crippen molar-refractivity contribution in [3.8, 4) is 5.75 Å². The normalized spacial score (nSPS) is 11.1. The zero-order chi connectivity index (χ0) is 11.3. The number of methoxy groups -OCH3 is 1. The Morgan fingerprint density at radius 1 is 1.47 bits per heavy atom. The molecule has 1 N–H and O–H groups in total. The Labute approximate surface area is 86.6 Å². The Morgan fingerprint density at radius 3 is 2.47 bits per heavy atom. The number of hydrogen-bond acceptors (Lipinski definition) is 4. The molecule has 15 heavy (non-hydrogen) atoms. The Hall–Kier alpha value is -2.04. The summed E-state index contributed by atoms with van der Waals surface area (Å²) in [5.41, 5.74) is 0.299. The third-order valence-corrected chi connectivity index (χ3v) is 1.89. The summed E-state index contributed by atoms with van der Waals surface area (Å²) in [7, 11) is 1.54. The number of hydrogen-bond donors (Lipinski definition) is 1. The Morgan fingerprint density at radius 2 is 2.07 bits per heavy atom. The smallest absolute Gasteiger partial charge is 0.349 e. The molecule has 1 aromatic rings. The van der Waals surface area contributed by atoms with Crippen molar-refractivity contribution in [1.29, 1.82) is 0 Å². The molecule has 5 heteroatoms. The quantitative estimate of drug-likeness (QED) is 0.596. The van der Waals surface area contributed by atoms with E-state index in [2.05, 4.69) is 5.16 Å². The average Bonchev–Trinajstić information content (AvgIpc) is 2.26. The van der Waals surface area contributed by atoms with E-state index < -0.39 is 11.7 Å². The van der Waals surface area contributed by atoms with Crippen molar-refractivity contribution in [1.82, 2.24) is 0 Å². The van der Waals surface area contributed by atoms with Gasteiger partial charge in [-0.2, -0.15) is 0 Å². The minimum atomic E-state index is -1.29. The van der Waals surface area contributed by atoms with E-state index in [1.807, 2.05) is 0 Å². The standard InChI is InChI=1S/C10H11NO4/c1-15-8-4-2-7(3-5-8)6-9(11-14)10(12)13/h2-5,14H,6H2,1H3,(H,12,13)/p-1/b11-9-. The van der Waals surface area contributed by atoms with Gasteiger partial charge in [0.1, 0.15) is 11.5 Å². The highest BCUT2D eigenvalue weighted by molar-refractivity contribution is 6.36. The molecule has 5 nitrogen and oxygen atoms in total. The van der Waals surface area contributed by atoms with Gasteiger partial charge in [-0.3, -0.25) is 0 Å². The van der Waals surface area contributed by atoms with Gasteiger partial charge in [0.25, 0.3) is 0 Å². The second-order valence-electron chi connectivity index (χ2n) is 2.87. The molecule has 0 heterocycles. The average molecular weight is 208 g/mol. The molecule has 0 aromatic heterocycles. The van der Waals surface area contributed by atoms with Crippen molar-refractivity contribution in [3.63, 3.8) is 0 Å². The van der Waals surface area contributed by atoms with Gasteiger partial charge in [0.15, 0.2) is 0 Å². The largest absolute Gasteiger partial charge is 0.792 e. The van der Waals surface area contributed by atoms with Gasteiger partial charge in [0.2, 0.25) is 0 Å². The van der Waals surface area contributed by atoms with Gasteiger partial charge in [-0.25, -0.2) is 4.79 Å². The molecular formula is C10H10NO4-. The van der Waals surface area contributed by atoms with Gasteiger partial charge in [-0.1, -0.05) is 12.1 Å². The van der Waals surface area contributed by atoms with Gasteiger partial charge in [-0.15, -0.1) is 0 Å². The molecule has 80 valence electrons. The first kappa shape index (κ1) is 11.0. The molecule has 1 rings (SSSR count). The summed E-state index contributed by atoms with van der Waals surface area (Å²) in [5.74, 6) is -0.615. The second-order valence-corrected chi connectivity index (χ2v) is 2.87. The second kappa shape index (κ2) is 4.99. The van der Waals surface area contributed by atoms with Crippen LogP contribution < -0.4 is 4.74 Å². The summed E-state index contributed by atoms with van der Waals surface area (Å²) in [4.78, 5) is 10.5. The summed E-state index contributed by atoms with van der Waals surface area (Å²) < 4.78 is 4.94. The lowest BCUT2D eigenvalue weighted by Gasteiger charge is -2.05. The van der Waals surface area contributed by atoms with E-state index in [-0.39, 0.29) is 6.42 Å². The van der Waals surface area contributed by atoms with Gasteiger partial charge in [0, 0.05) is 6.42 Å². The number of carboxylic acids is 1. The Balaban J connectivity index is 2.76. The molecule has 0 saturated heterocycles. The van der Waals surface area contributed by atoms with Crippen LogP contribution >= 0.6 is 0 Å². The number of rotatable bonds is 4. The molecular weight excluding hydrogens is 198 g/mol. The van der Waals surface area contributed by atoms with Crippen LogP contribution in [0.15, 0.2) is 29.4 Å². The molecule has 0 amide bonds. The van der Waals surface area contributed by atoms with Gasteiger partial charge < -0.3 is 20.2 Å². The Bertz CT molecular complexity index is 370. The minimum absolute atomic E-state index is 0.0167. The van der Waals surface area contributed by atoms with Crippen molar-refractivity contribution in [2.45, 2.75) is 6.42 Å². The van der Waals surface area contributed by atoms with Gasteiger partial charge >= 0.3 is 5.97 Å². The fourth-order valence-corrected chi connectivity index (χ4v) is 1.08. The highest BCUT2D eigenvalue weighted by atomic mass is 16.5. The van der Waals surface area contributed by atoms with Crippen LogP contribution in [0.5, 0.6) is 5.75 Å². The van der Waals surface area contributed by atoms with Gasteiger partial charge in [-0.05, 0) is 17.7 Å². The zero-order valence-electron chi connectivity index (χ0n) is 8.14. The van der Waals surface area contributed by atoms with E-state index in [0.29, 0.717) is 11.3 Å². The molecule has 1 aromatic carbocycles. The van der Waals surface area contributed by atoms with Crippen LogP contribution in [0.4, 0.5) is 0 Å². The van der Waals surface area contributed by atoms with Crippen LogP contribution in [0.1, 0.15) is 5.56 Å². The van der Waals surface area contributed by atoms with E-state index in [9.17, 15) is 10.0 Å². The van der Waals surface area contributed by atoms with Crippen LogP contribution in [0.25, 0.3) is 0 Å². The molecule has 0 aliphatic rings. The molecule has 0 unspecified atom stereocenters. The molecule has 0 aliphatic heterocycles. The first-order chi connectivity index (χ1) is 7.17. The number of carbonyl (C=O) groups is 1. The molecule has 0 saturated carbocycles. The molecule has 0 radical (unpaired) electrons. The number of aliphatic carboxylic acids is 1. The van der Waals surface area contributed by atoms with Crippen molar-refractivity contribution >= 4 is 11.7 Å². The lowest BCUT2D eigenvalue weighted by atomic mass is 10.1. The maximum absolute atomic E-state index is 10.5. The zero-order valence-corrected chi connectivity index (χ0v) is 8.14. The van der Waals surface area contributed by atoms with Crippen LogP contribution in [0, 0.1) is 5.21 Å². The topological polar surface area (TPSA) is 82.0 Å². The molecule has 0 aliphatic carbocycles. The predicted octanol–water partition coefficient (Wildman–Crippen LogP) is 1.26. The van der Waals surface area contributed by atoms with Crippen LogP contribution in [0.2, 0.25) is 0 Å². The minimum Gasteiger partial charge on any atom is -0.792 e. The van der Waals surface area contributed by atoms with Crippen LogP contribution in [0.3, 0.4) is 0 Å². The molecule has 0 bridgehead atoms. The van der Waals surface area contributed by atoms with Crippen LogP contribution in [-0.4, -0.2) is 23.9 Å². The lowest BCUT2D eigenvalue weighted by Crippen LogP contribution is -2.15. The lowest BCUT2D eigenvalue weighted by molar-refractivity contribution is -0.129. The summed E-state index contributed by atoms with van der Waals surface area (Å²) in [6.45, 7) is 0. The summed E-state index contributed by atoms with van der Waals surface area (Å²) in [5, 5.41) is 21.2. The predicted molar refractivity (Wildman–Crippen MR) is 55.1 cm³/mol. The monoisotopic (exact) mass is 208 g/mol. The fourth-order valence-electron chi connectivity index (χ4n) is 1.08. The highest BCUT2D eigenvalue weighted by Crippen LogP contribution is 2.12. The maximum atomic E-state index is 10.5. The summed E-state index contributed by atoms with van der Waals surface area (Å²) in [6.07, 6.45) is 0.0167. The number of ether oxygens (including phenoxy) is 1. The molecule has 0 fully saturated rings. The number of carboxylic acid groups (broad SMARTS) is 1. The third kappa shape index (κ3) is 2.98.